The van der Waals surface area contributed by atoms with Crippen LogP contribution in [0, 0.1) is 13.8 Å². The molecule has 6 heteroatoms. The molecular formula is C17H23ClN4O. The molecule has 1 N–H and O–H groups in total. The van der Waals surface area contributed by atoms with Crippen LogP contribution in [-0.4, -0.2) is 36.7 Å². The summed E-state index contributed by atoms with van der Waals surface area (Å²) in [7, 11) is 3.77. The fourth-order valence-corrected chi connectivity index (χ4v) is 2.70. The lowest BCUT2D eigenvalue weighted by Gasteiger charge is -2.22. The molecule has 0 bridgehead atoms. The van der Waals surface area contributed by atoms with Gasteiger partial charge in [-0.1, -0.05) is 35.0 Å². The lowest BCUT2D eigenvalue weighted by atomic mass is 10.1. The van der Waals surface area contributed by atoms with Gasteiger partial charge in [0.1, 0.15) is 5.76 Å². The summed E-state index contributed by atoms with van der Waals surface area (Å²) in [6.07, 6.45) is 0.847. The van der Waals surface area contributed by atoms with Gasteiger partial charge in [-0.15, -0.1) is 0 Å². The van der Waals surface area contributed by atoms with E-state index in [-0.39, 0.29) is 0 Å². The number of hydrogen-bond donors (Lipinski definition) is 1. The van der Waals surface area contributed by atoms with Crippen LogP contribution in [0.15, 0.2) is 33.8 Å². The van der Waals surface area contributed by atoms with Crippen molar-refractivity contribution in [3.8, 4) is 0 Å². The third kappa shape index (κ3) is 4.48. The minimum absolute atomic E-state index is 0.699. The van der Waals surface area contributed by atoms with Gasteiger partial charge in [0.05, 0.1) is 5.69 Å². The zero-order valence-electron chi connectivity index (χ0n) is 14.1. The van der Waals surface area contributed by atoms with Crippen LogP contribution in [0.1, 0.15) is 22.6 Å². The predicted octanol–water partition coefficient (Wildman–Crippen LogP) is 3.19. The first-order chi connectivity index (χ1) is 11.0. The van der Waals surface area contributed by atoms with E-state index in [1.807, 2.05) is 45.2 Å². The highest BCUT2D eigenvalue weighted by atomic mass is 35.5. The third-order valence-electron chi connectivity index (χ3n) is 3.78. The SMILES string of the molecule is CN=C(NCCc1c(C)noc1C)N(C)Cc1ccccc1Cl. The van der Waals surface area contributed by atoms with Crippen LogP contribution in [0.3, 0.4) is 0 Å². The minimum atomic E-state index is 0.699. The highest BCUT2D eigenvalue weighted by Crippen LogP contribution is 2.16. The zero-order valence-corrected chi connectivity index (χ0v) is 14.8. The molecule has 0 unspecified atom stereocenters. The predicted molar refractivity (Wildman–Crippen MR) is 94.0 cm³/mol. The van der Waals surface area contributed by atoms with Crippen molar-refractivity contribution in [1.82, 2.24) is 15.4 Å². The average molecular weight is 335 g/mol. The Morgan fingerprint density at radius 1 is 1.35 bits per heavy atom. The zero-order chi connectivity index (χ0) is 16.8. The number of rotatable bonds is 5. The molecule has 1 aromatic carbocycles. The van der Waals surface area contributed by atoms with Crippen LogP contribution in [0.5, 0.6) is 0 Å². The second-order valence-corrected chi connectivity index (χ2v) is 5.88. The number of guanidine groups is 1. The quantitative estimate of drug-likeness (QED) is 0.674. The van der Waals surface area contributed by atoms with Gasteiger partial charge in [0.15, 0.2) is 5.96 Å². The Kier molecular flexibility index (Phi) is 6.04. The van der Waals surface area contributed by atoms with Gasteiger partial charge in [-0.3, -0.25) is 4.99 Å². The Hall–Kier alpha value is -2.01. The van der Waals surface area contributed by atoms with Gasteiger partial charge in [0.2, 0.25) is 0 Å². The summed E-state index contributed by atoms with van der Waals surface area (Å²) in [6, 6.07) is 7.85. The van der Waals surface area contributed by atoms with E-state index in [1.54, 1.807) is 7.05 Å². The Morgan fingerprint density at radius 2 is 2.09 bits per heavy atom. The fraction of sp³-hybridized carbons (Fsp3) is 0.412. The van der Waals surface area contributed by atoms with Gasteiger partial charge < -0.3 is 14.7 Å². The van der Waals surface area contributed by atoms with Crippen molar-refractivity contribution in [3.05, 3.63) is 51.9 Å². The van der Waals surface area contributed by atoms with Crippen molar-refractivity contribution in [3.63, 3.8) is 0 Å². The van der Waals surface area contributed by atoms with E-state index in [0.717, 1.165) is 46.5 Å². The van der Waals surface area contributed by atoms with E-state index in [2.05, 4.69) is 20.4 Å². The second-order valence-electron chi connectivity index (χ2n) is 5.47. The number of benzene rings is 1. The highest BCUT2D eigenvalue weighted by Gasteiger charge is 2.11. The Balaban J connectivity index is 1.91. The molecule has 23 heavy (non-hydrogen) atoms. The van der Waals surface area contributed by atoms with Gasteiger partial charge in [0.25, 0.3) is 0 Å². The van der Waals surface area contributed by atoms with Crippen molar-refractivity contribution in [2.45, 2.75) is 26.8 Å². The number of aryl methyl sites for hydroxylation is 2. The van der Waals surface area contributed by atoms with E-state index in [9.17, 15) is 0 Å². The molecule has 0 fully saturated rings. The molecule has 2 aromatic rings. The van der Waals surface area contributed by atoms with Crippen molar-refractivity contribution in [2.24, 2.45) is 4.99 Å². The largest absolute Gasteiger partial charge is 0.361 e. The molecule has 0 amide bonds. The molecule has 5 nitrogen and oxygen atoms in total. The number of aliphatic imine (C=N–C) groups is 1. The second kappa shape index (κ2) is 8.02. The van der Waals surface area contributed by atoms with Crippen LogP contribution < -0.4 is 5.32 Å². The molecule has 0 saturated heterocycles. The van der Waals surface area contributed by atoms with Gasteiger partial charge >= 0.3 is 0 Å². The summed E-state index contributed by atoms with van der Waals surface area (Å²) < 4.78 is 5.19. The maximum absolute atomic E-state index is 6.22. The molecule has 0 aliphatic rings. The molecule has 0 aliphatic carbocycles. The number of halogens is 1. The summed E-state index contributed by atoms with van der Waals surface area (Å²) in [5.41, 5.74) is 3.18. The van der Waals surface area contributed by atoms with Crippen LogP contribution in [-0.2, 0) is 13.0 Å². The average Bonchev–Trinajstić information content (AvgIpc) is 2.85. The maximum atomic E-state index is 6.22. The number of nitrogens with zero attached hydrogens (tertiary/aromatic N) is 3. The van der Waals surface area contributed by atoms with Gasteiger partial charge in [0, 0.05) is 37.8 Å². The van der Waals surface area contributed by atoms with Gasteiger partial charge in [-0.05, 0) is 31.9 Å². The van der Waals surface area contributed by atoms with Crippen molar-refractivity contribution >= 4 is 17.6 Å². The topological polar surface area (TPSA) is 53.7 Å². The van der Waals surface area contributed by atoms with Gasteiger partial charge in [-0.2, -0.15) is 0 Å². The van der Waals surface area contributed by atoms with Crippen LogP contribution in [0.25, 0.3) is 0 Å². The van der Waals surface area contributed by atoms with Crippen LogP contribution in [0.4, 0.5) is 0 Å². The molecule has 0 aliphatic heterocycles. The molecule has 1 aromatic heterocycles. The highest BCUT2D eigenvalue weighted by molar-refractivity contribution is 6.31. The molecule has 0 radical (unpaired) electrons. The number of hydrogen-bond acceptors (Lipinski definition) is 3. The summed E-state index contributed by atoms with van der Waals surface area (Å²) in [6.45, 7) is 5.37. The summed E-state index contributed by atoms with van der Waals surface area (Å²) in [4.78, 5) is 6.38. The van der Waals surface area contributed by atoms with Crippen molar-refractivity contribution < 1.29 is 4.52 Å². The molecule has 0 atom stereocenters. The first-order valence-electron chi connectivity index (χ1n) is 7.60. The minimum Gasteiger partial charge on any atom is -0.361 e. The normalized spacial score (nSPS) is 11.6. The van der Waals surface area contributed by atoms with E-state index in [0.29, 0.717) is 6.54 Å². The summed E-state index contributed by atoms with van der Waals surface area (Å²) >= 11 is 6.22. The fourth-order valence-electron chi connectivity index (χ4n) is 2.50. The van der Waals surface area contributed by atoms with E-state index >= 15 is 0 Å². The lowest BCUT2D eigenvalue weighted by Crippen LogP contribution is -2.39. The molecule has 2 rings (SSSR count). The standard InChI is InChI=1S/C17H23ClN4O/c1-12-15(13(2)23-21-12)9-10-20-17(19-3)22(4)11-14-7-5-6-8-16(14)18/h5-8H,9-11H2,1-4H3,(H,19,20). The first kappa shape index (κ1) is 17.3. The molecule has 0 saturated carbocycles. The monoisotopic (exact) mass is 334 g/mol. The molecule has 1 heterocycles. The molecule has 0 spiro atoms. The van der Waals surface area contributed by atoms with E-state index in [1.165, 1.54) is 0 Å². The first-order valence-corrected chi connectivity index (χ1v) is 7.97. The van der Waals surface area contributed by atoms with Crippen LogP contribution >= 0.6 is 11.6 Å². The Labute approximate surface area is 142 Å². The van der Waals surface area contributed by atoms with Crippen LogP contribution in [0.2, 0.25) is 5.02 Å². The molecule has 124 valence electrons. The van der Waals surface area contributed by atoms with Crippen molar-refractivity contribution in [1.29, 1.82) is 0 Å². The maximum Gasteiger partial charge on any atom is 0.193 e. The van der Waals surface area contributed by atoms with E-state index in [4.69, 9.17) is 16.1 Å². The number of nitrogens with one attached hydrogen (secondary N) is 1. The van der Waals surface area contributed by atoms with Gasteiger partial charge in [-0.25, -0.2) is 0 Å². The third-order valence-corrected chi connectivity index (χ3v) is 4.15. The Bertz CT molecular complexity index is 661. The molecular weight excluding hydrogens is 312 g/mol. The smallest absolute Gasteiger partial charge is 0.193 e. The van der Waals surface area contributed by atoms with Crippen molar-refractivity contribution in [2.75, 3.05) is 20.6 Å². The summed E-state index contributed by atoms with van der Waals surface area (Å²) in [5, 5.41) is 8.11. The Morgan fingerprint density at radius 3 is 2.70 bits per heavy atom. The lowest BCUT2D eigenvalue weighted by molar-refractivity contribution is 0.392. The van der Waals surface area contributed by atoms with E-state index < -0.39 is 0 Å². The number of aromatic nitrogens is 1. The summed E-state index contributed by atoms with van der Waals surface area (Å²) in [5.74, 6) is 1.71.